The normalized spacial score (nSPS) is 15.9. The van der Waals surface area contributed by atoms with Crippen LogP contribution in [0.3, 0.4) is 0 Å². The predicted octanol–water partition coefficient (Wildman–Crippen LogP) is 5.87. The number of sulfonamides is 1. The molecule has 196 valence electrons. The largest absolute Gasteiger partial charge is 0.385 e. The Morgan fingerprint density at radius 1 is 1.16 bits per heavy atom. The van der Waals surface area contributed by atoms with Crippen LogP contribution in [-0.4, -0.2) is 56.9 Å². The van der Waals surface area contributed by atoms with Gasteiger partial charge in [-0.15, -0.1) is 11.3 Å². The van der Waals surface area contributed by atoms with Gasteiger partial charge in [-0.3, -0.25) is 4.79 Å². The van der Waals surface area contributed by atoms with Crippen molar-refractivity contribution < 1.29 is 17.9 Å². The van der Waals surface area contributed by atoms with Crippen LogP contribution in [-0.2, 0) is 26.0 Å². The molecule has 0 aliphatic carbocycles. The van der Waals surface area contributed by atoms with Crippen molar-refractivity contribution in [2.45, 2.75) is 18.9 Å². The minimum Gasteiger partial charge on any atom is -0.385 e. The highest BCUT2D eigenvalue weighted by Crippen LogP contribution is 2.41. The van der Waals surface area contributed by atoms with Crippen LogP contribution in [0.4, 0.5) is 0 Å². The van der Waals surface area contributed by atoms with Crippen molar-refractivity contribution in [1.82, 2.24) is 9.21 Å². The number of carbonyl (C=O) groups is 1. The van der Waals surface area contributed by atoms with Crippen LogP contribution in [0.2, 0.25) is 10.0 Å². The third kappa shape index (κ3) is 6.82. The van der Waals surface area contributed by atoms with Gasteiger partial charge in [0.25, 0.3) is 0 Å². The molecular weight excluding hydrogens is 551 g/mol. The SMILES string of the molecule is COCCCN(CC(=O)N1CCc2sccc2C1c1ccc(Cl)cc1Cl)S(=O)(=O)/C=C/c1ccccc1. The third-order valence-corrected chi connectivity index (χ3v) is 9.27. The molecule has 0 saturated carbocycles. The lowest BCUT2D eigenvalue weighted by atomic mass is 9.93. The van der Waals surface area contributed by atoms with Crippen molar-refractivity contribution in [1.29, 1.82) is 0 Å². The topological polar surface area (TPSA) is 66.9 Å². The fourth-order valence-electron chi connectivity index (χ4n) is 4.38. The maximum absolute atomic E-state index is 13.8. The van der Waals surface area contributed by atoms with Gasteiger partial charge in [0.1, 0.15) is 0 Å². The van der Waals surface area contributed by atoms with Crippen molar-refractivity contribution in [3.05, 3.63) is 97.0 Å². The standard InChI is InChI=1S/C27H28Cl2N2O4S2/c1-35-15-5-13-30(37(33,34)17-12-20-6-3-2-4-7-20)19-26(32)31-14-10-25-23(11-16-36-25)27(31)22-9-8-21(28)18-24(22)29/h2-4,6-9,11-12,16-18,27H,5,10,13-15,19H2,1H3/b17-12+. The molecule has 2 aromatic carbocycles. The number of benzene rings is 2. The lowest BCUT2D eigenvalue weighted by Gasteiger charge is -2.37. The first-order chi connectivity index (χ1) is 17.8. The summed E-state index contributed by atoms with van der Waals surface area (Å²) in [6, 6.07) is 16.0. The third-order valence-electron chi connectivity index (χ3n) is 6.20. The second-order valence-electron chi connectivity index (χ2n) is 8.64. The fourth-order valence-corrected chi connectivity index (χ4v) is 6.97. The summed E-state index contributed by atoms with van der Waals surface area (Å²) in [6.07, 6.45) is 2.70. The molecule has 0 N–H and O–H groups in total. The highest BCUT2D eigenvalue weighted by Gasteiger charge is 2.35. The zero-order valence-electron chi connectivity index (χ0n) is 20.3. The summed E-state index contributed by atoms with van der Waals surface area (Å²) in [7, 11) is -2.31. The van der Waals surface area contributed by atoms with E-state index in [2.05, 4.69) is 0 Å². The van der Waals surface area contributed by atoms with E-state index in [0.717, 1.165) is 22.1 Å². The van der Waals surface area contributed by atoms with E-state index in [1.165, 1.54) is 15.3 Å². The first-order valence-corrected chi connectivity index (χ1v) is 15.0. The van der Waals surface area contributed by atoms with Gasteiger partial charge in [0.15, 0.2) is 0 Å². The quantitative estimate of drug-likeness (QED) is 0.282. The van der Waals surface area contributed by atoms with E-state index in [9.17, 15) is 13.2 Å². The summed E-state index contributed by atoms with van der Waals surface area (Å²) < 4.78 is 33.0. The Labute approximate surface area is 232 Å². The first kappa shape index (κ1) is 27.8. The molecule has 0 spiro atoms. The number of methoxy groups -OCH3 is 1. The van der Waals surface area contributed by atoms with Crippen LogP contribution < -0.4 is 0 Å². The van der Waals surface area contributed by atoms with Crippen LogP contribution in [0, 0.1) is 0 Å². The Morgan fingerprint density at radius 3 is 2.68 bits per heavy atom. The minimum absolute atomic E-state index is 0.158. The van der Waals surface area contributed by atoms with E-state index in [0.29, 0.717) is 36.0 Å². The van der Waals surface area contributed by atoms with Crippen LogP contribution in [0.15, 0.2) is 65.4 Å². The predicted molar refractivity (Wildman–Crippen MR) is 151 cm³/mol. The summed E-state index contributed by atoms with van der Waals surface area (Å²) in [5.74, 6) is -0.290. The summed E-state index contributed by atoms with van der Waals surface area (Å²) in [5, 5.41) is 4.13. The molecule has 2 heterocycles. The monoisotopic (exact) mass is 578 g/mol. The van der Waals surface area contributed by atoms with E-state index < -0.39 is 16.1 Å². The van der Waals surface area contributed by atoms with E-state index in [1.54, 1.807) is 35.5 Å². The lowest BCUT2D eigenvalue weighted by molar-refractivity contribution is -0.133. The average molecular weight is 580 g/mol. The molecule has 10 heteroatoms. The van der Waals surface area contributed by atoms with Crippen molar-refractivity contribution >= 4 is 56.5 Å². The Balaban J connectivity index is 1.62. The molecule has 6 nitrogen and oxygen atoms in total. The maximum Gasteiger partial charge on any atom is 0.238 e. The van der Waals surface area contributed by atoms with Gasteiger partial charge in [0.2, 0.25) is 15.9 Å². The van der Waals surface area contributed by atoms with Gasteiger partial charge in [-0.2, -0.15) is 4.31 Å². The molecule has 1 aliphatic heterocycles. The number of nitrogens with zero attached hydrogens (tertiary/aromatic N) is 2. The van der Waals surface area contributed by atoms with Crippen molar-refractivity contribution in [3.63, 3.8) is 0 Å². The Kier molecular flexibility index (Phi) is 9.45. The lowest BCUT2D eigenvalue weighted by Crippen LogP contribution is -2.46. The number of halogens is 2. The van der Waals surface area contributed by atoms with Gasteiger partial charge in [-0.05, 0) is 59.2 Å². The highest BCUT2D eigenvalue weighted by atomic mass is 35.5. The molecular formula is C27H28Cl2N2O4S2. The van der Waals surface area contributed by atoms with Crippen molar-refractivity contribution in [2.75, 3.05) is 33.4 Å². The molecule has 1 atom stereocenters. The van der Waals surface area contributed by atoms with Crippen molar-refractivity contribution in [2.24, 2.45) is 0 Å². The minimum atomic E-state index is -3.87. The summed E-state index contributed by atoms with van der Waals surface area (Å²) in [5.41, 5.74) is 2.52. The van der Waals surface area contributed by atoms with Gasteiger partial charge in [0, 0.05) is 47.1 Å². The zero-order valence-corrected chi connectivity index (χ0v) is 23.5. The number of amides is 1. The number of ether oxygens (including phenoxy) is 1. The molecule has 1 aromatic heterocycles. The van der Waals surface area contributed by atoms with Crippen molar-refractivity contribution in [3.8, 4) is 0 Å². The van der Waals surface area contributed by atoms with E-state index in [4.69, 9.17) is 27.9 Å². The van der Waals surface area contributed by atoms with Gasteiger partial charge in [0.05, 0.1) is 12.6 Å². The smallest absolute Gasteiger partial charge is 0.238 e. The highest BCUT2D eigenvalue weighted by molar-refractivity contribution is 7.92. The van der Waals surface area contributed by atoms with Gasteiger partial charge < -0.3 is 9.64 Å². The van der Waals surface area contributed by atoms with Crippen LogP contribution in [0.5, 0.6) is 0 Å². The molecule has 4 rings (SSSR count). The summed E-state index contributed by atoms with van der Waals surface area (Å²) in [6.45, 7) is 0.715. The Morgan fingerprint density at radius 2 is 1.95 bits per heavy atom. The number of rotatable bonds is 10. The Hall–Kier alpha value is -2.20. The number of thiophene rings is 1. The molecule has 3 aromatic rings. The van der Waals surface area contributed by atoms with E-state index >= 15 is 0 Å². The second kappa shape index (κ2) is 12.6. The van der Waals surface area contributed by atoms with Gasteiger partial charge >= 0.3 is 0 Å². The molecule has 0 saturated heterocycles. The fraction of sp³-hybridized carbons (Fsp3) is 0.296. The van der Waals surface area contributed by atoms with Gasteiger partial charge in [-0.25, -0.2) is 8.42 Å². The van der Waals surface area contributed by atoms with Crippen LogP contribution >= 0.6 is 34.5 Å². The molecule has 1 aliphatic rings. The summed E-state index contributed by atoms with van der Waals surface area (Å²) >= 11 is 14.4. The number of hydrogen-bond donors (Lipinski definition) is 0. The van der Waals surface area contributed by atoms with E-state index in [-0.39, 0.29) is 19.0 Å². The number of carbonyl (C=O) groups excluding carboxylic acids is 1. The number of hydrogen-bond acceptors (Lipinski definition) is 5. The van der Waals surface area contributed by atoms with Gasteiger partial charge in [-0.1, -0.05) is 59.6 Å². The molecule has 0 bridgehead atoms. The molecule has 0 radical (unpaired) electrons. The van der Waals surface area contributed by atoms with Crippen LogP contribution in [0.25, 0.3) is 6.08 Å². The zero-order chi connectivity index (χ0) is 26.4. The van der Waals surface area contributed by atoms with Crippen LogP contribution in [0.1, 0.15) is 34.0 Å². The average Bonchev–Trinajstić information content (AvgIpc) is 3.36. The Bertz CT molecular complexity index is 1360. The molecule has 1 amide bonds. The number of fused-ring (bicyclic) bond motifs is 1. The maximum atomic E-state index is 13.8. The second-order valence-corrected chi connectivity index (χ2v) is 12.3. The molecule has 37 heavy (non-hydrogen) atoms. The molecule has 1 unspecified atom stereocenters. The summed E-state index contributed by atoms with van der Waals surface area (Å²) in [4.78, 5) is 16.7. The molecule has 0 fully saturated rings. The first-order valence-electron chi connectivity index (χ1n) is 11.8. The van der Waals surface area contributed by atoms with E-state index in [1.807, 2.05) is 47.8 Å².